The first-order valence-electron chi connectivity index (χ1n) is 9.30. The molecule has 1 atom stereocenters. The van der Waals surface area contributed by atoms with Crippen LogP contribution in [0.15, 0.2) is 46.4 Å². The van der Waals surface area contributed by atoms with Gasteiger partial charge in [-0.25, -0.2) is 4.78 Å². The summed E-state index contributed by atoms with van der Waals surface area (Å²) in [4.78, 5) is 2.54. The summed E-state index contributed by atoms with van der Waals surface area (Å²) in [6.07, 6.45) is 3.52. The molecule has 0 saturated carbocycles. The normalized spacial score (nSPS) is 26.4. The lowest BCUT2D eigenvalue weighted by molar-refractivity contribution is 0.270. The van der Waals surface area contributed by atoms with Crippen molar-refractivity contribution in [3.8, 4) is 0 Å². The van der Waals surface area contributed by atoms with Gasteiger partial charge in [0, 0.05) is 18.8 Å². The first-order valence-corrected chi connectivity index (χ1v) is 12.0. The molecule has 134 valence electrons. The lowest BCUT2D eigenvalue weighted by atomic mass is 10.0. The zero-order valence-corrected chi connectivity index (χ0v) is 16.7. The molecule has 1 fully saturated rings. The molecule has 4 nitrogen and oxygen atoms in total. The molecular formula is C19H26N3OPS. The fourth-order valence-corrected chi connectivity index (χ4v) is 8.19. The van der Waals surface area contributed by atoms with Crippen LogP contribution in [0, 0.1) is 0 Å². The molecule has 0 N–H and O–H groups in total. The Labute approximate surface area is 155 Å². The molecular weight excluding hydrogens is 349 g/mol. The van der Waals surface area contributed by atoms with Gasteiger partial charge in [-0.15, -0.1) is 0 Å². The van der Waals surface area contributed by atoms with Crippen molar-refractivity contribution in [2.75, 3.05) is 17.9 Å². The van der Waals surface area contributed by atoms with E-state index in [1.165, 1.54) is 29.6 Å². The van der Waals surface area contributed by atoms with Gasteiger partial charge in [0.2, 0.25) is 6.42 Å². The maximum absolute atomic E-state index is 6.48. The third-order valence-electron chi connectivity index (χ3n) is 4.95. The summed E-state index contributed by atoms with van der Waals surface area (Å²) < 4.78 is 8.51. The Morgan fingerprint density at radius 3 is 2.48 bits per heavy atom. The molecule has 0 aromatic heterocycles. The summed E-state index contributed by atoms with van der Waals surface area (Å²) in [5.74, 6) is 0. The van der Waals surface area contributed by atoms with Gasteiger partial charge in [0.1, 0.15) is 0 Å². The van der Waals surface area contributed by atoms with Gasteiger partial charge in [-0.2, -0.15) is 5.10 Å². The second-order valence-electron chi connectivity index (χ2n) is 7.19. The number of allylic oxidation sites excluding steroid dienone is 2. The number of likely N-dealkylation sites (tertiary alicyclic amines) is 1. The predicted octanol–water partition coefficient (Wildman–Crippen LogP) is 5.09. The maximum atomic E-state index is 6.48. The highest BCUT2D eigenvalue weighted by Crippen LogP contribution is 2.67. The van der Waals surface area contributed by atoms with Crippen LogP contribution in [0.1, 0.15) is 46.0 Å². The minimum absolute atomic E-state index is 0.0841. The Bertz CT molecular complexity index is 753. The average molecular weight is 375 g/mol. The molecule has 3 aliphatic rings. The molecule has 4 rings (SSSR count). The van der Waals surface area contributed by atoms with Crippen LogP contribution in [-0.2, 0) is 16.3 Å². The number of para-hydroxylation sites is 1. The van der Waals surface area contributed by atoms with Crippen LogP contribution in [0.25, 0.3) is 0 Å². The molecule has 1 aliphatic carbocycles. The fourth-order valence-electron chi connectivity index (χ4n) is 3.97. The van der Waals surface area contributed by atoms with Crippen molar-refractivity contribution in [3.63, 3.8) is 0 Å². The van der Waals surface area contributed by atoms with Gasteiger partial charge >= 0.3 is 0 Å². The zero-order chi connectivity index (χ0) is 17.4. The van der Waals surface area contributed by atoms with E-state index in [0.29, 0.717) is 0 Å². The van der Waals surface area contributed by atoms with Gasteiger partial charge < -0.3 is 9.42 Å². The van der Waals surface area contributed by atoms with E-state index in [1.807, 2.05) is 23.0 Å². The van der Waals surface area contributed by atoms with Crippen LogP contribution < -0.4 is 4.78 Å². The molecule has 0 bridgehead atoms. The molecule has 0 spiro atoms. The minimum Gasteiger partial charge on any atom is -0.374 e. The van der Waals surface area contributed by atoms with E-state index in [1.54, 1.807) is 0 Å². The van der Waals surface area contributed by atoms with Crippen LogP contribution >= 0.6 is 6.42 Å². The number of hydrazone groups is 1. The van der Waals surface area contributed by atoms with Crippen LogP contribution in [-0.4, -0.2) is 29.8 Å². The quantitative estimate of drug-likeness (QED) is 0.686. The van der Waals surface area contributed by atoms with E-state index >= 15 is 0 Å². The predicted molar refractivity (Wildman–Crippen MR) is 109 cm³/mol. The molecule has 2 heterocycles. The van der Waals surface area contributed by atoms with Gasteiger partial charge in [-0.1, -0.05) is 18.2 Å². The van der Waals surface area contributed by atoms with E-state index in [4.69, 9.17) is 21.4 Å². The minimum atomic E-state index is -2.40. The lowest BCUT2D eigenvalue weighted by Crippen LogP contribution is -2.25. The molecule has 6 heteroatoms. The first kappa shape index (κ1) is 17.3. The molecule has 0 unspecified atom stereocenters. The van der Waals surface area contributed by atoms with Gasteiger partial charge in [-0.05, 0) is 69.9 Å². The van der Waals surface area contributed by atoms with E-state index < -0.39 is 6.42 Å². The van der Waals surface area contributed by atoms with Crippen molar-refractivity contribution < 1.29 is 4.52 Å². The standard InChI is InChI=1S/C19H26N3OPS/c1-15(2)23-24(25)19-17(20-22(24)16-9-4-3-5-10-16)11-8-12-18(19)21-13-6-7-14-21/h3-5,9-10,15H,6-8,11-14H2,1-2H3/t24-/m1/s1. The first-order chi connectivity index (χ1) is 12.1. The number of hydrogen-bond acceptors (Lipinski definition) is 4. The number of hydrogen-bond donors (Lipinski definition) is 0. The fraction of sp³-hybridized carbons (Fsp3) is 0.526. The van der Waals surface area contributed by atoms with Gasteiger partial charge in [0.15, 0.2) is 0 Å². The van der Waals surface area contributed by atoms with Crippen molar-refractivity contribution in [3.05, 3.63) is 41.3 Å². The Hall–Kier alpha value is -1.16. The SMILES string of the molecule is CC(C)O[P@@]1(=S)C2=C(N3CCCC3)CCCC2=NN1c1ccccc1. The Morgan fingerprint density at radius 2 is 1.80 bits per heavy atom. The highest BCUT2D eigenvalue weighted by Gasteiger charge is 2.45. The topological polar surface area (TPSA) is 28.1 Å². The summed E-state index contributed by atoms with van der Waals surface area (Å²) >= 11 is 6.27. The molecule has 2 aliphatic heterocycles. The van der Waals surface area contributed by atoms with E-state index in [9.17, 15) is 0 Å². The van der Waals surface area contributed by atoms with E-state index in [2.05, 4.69) is 30.9 Å². The number of fused-ring (bicyclic) bond motifs is 1. The van der Waals surface area contributed by atoms with Crippen molar-refractivity contribution in [2.45, 2.75) is 52.1 Å². The van der Waals surface area contributed by atoms with Gasteiger partial charge in [-0.3, -0.25) is 0 Å². The highest BCUT2D eigenvalue weighted by molar-refractivity contribution is 8.15. The van der Waals surface area contributed by atoms with Crippen LogP contribution in [0.4, 0.5) is 5.69 Å². The molecule has 1 aromatic rings. The van der Waals surface area contributed by atoms with Crippen LogP contribution in [0.2, 0.25) is 0 Å². The van der Waals surface area contributed by atoms with Gasteiger partial charge in [0.05, 0.1) is 22.8 Å². The lowest BCUT2D eigenvalue weighted by Gasteiger charge is -2.34. The van der Waals surface area contributed by atoms with Crippen molar-refractivity contribution in [1.29, 1.82) is 0 Å². The van der Waals surface area contributed by atoms with E-state index in [0.717, 1.165) is 38.0 Å². The third-order valence-corrected chi connectivity index (χ3v) is 8.83. The summed E-state index contributed by atoms with van der Waals surface area (Å²) in [5, 5.41) is 6.25. The number of nitrogens with zero attached hydrogens (tertiary/aromatic N) is 3. The smallest absolute Gasteiger partial charge is 0.210 e. The molecule has 0 radical (unpaired) electrons. The summed E-state index contributed by atoms with van der Waals surface area (Å²) in [6.45, 7) is 6.45. The molecule has 1 aromatic carbocycles. The van der Waals surface area contributed by atoms with Crippen molar-refractivity contribution in [2.24, 2.45) is 5.10 Å². The molecule has 0 amide bonds. The third kappa shape index (κ3) is 3.07. The van der Waals surface area contributed by atoms with Gasteiger partial charge in [0.25, 0.3) is 0 Å². The maximum Gasteiger partial charge on any atom is 0.210 e. The largest absolute Gasteiger partial charge is 0.374 e. The molecule has 1 saturated heterocycles. The second-order valence-corrected chi connectivity index (χ2v) is 10.8. The van der Waals surface area contributed by atoms with Crippen molar-refractivity contribution in [1.82, 2.24) is 4.90 Å². The second kappa shape index (κ2) is 6.86. The zero-order valence-electron chi connectivity index (χ0n) is 15.0. The summed E-state index contributed by atoms with van der Waals surface area (Å²) in [6, 6.07) is 10.3. The summed E-state index contributed by atoms with van der Waals surface area (Å²) in [7, 11) is 0. The Kier molecular flexibility index (Phi) is 4.74. The number of benzene rings is 1. The average Bonchev–Trinajstić information content (AvgIpc) is 3.22. The van der Waals surface area contributed by atoms with Crippen molar-refractivity contribution >= 4 is 29.6 Å². The number of rotatable bonds is 4. The van der Waals surface area contributed by atoms with E-state index in [-0.39, 0.29) is 6.10 Å². The van der Waals surface area contributed by atoms with Crippen LogP contribution in [0.5, 0.6) is 0 Å². The summed E-state index contributed by atoms with van der Waals surface area (Å²) in [5.41, 5.74) is 3.63. The Morgan fingerprint density at radius 1 is 1.08 bits per heavy atom. The van der Waals surface area contributed by atoms with Crippen LogP contribution in [0.3, 0.4) is 0 Å². The monoisotopic (exact) mass is 375 g/mol. The Balaban J connectivity index is 1.85. The number of anilines is 1. The highest BCUT2D eigenvalue weighted by atomic mass is 32.4. The molecule has 25 heavy (non-hydrogen) atoms.